The molecule has 1 aromatic rings. The maximum Gasteiger partial charge on any atom is 0.318 e. The van der Waals surface area contributed by atoms with E-state index in [9.17, 15) is 4.79 Å². The van der Waals surface area contributed by atoms with Gasteiger partial charge < -0.3 is 15.1 Å². The van der Waals surface area contributed by atoms with Crippen LogP contribution in [-0.2, 0) is 13.6 Å². The Bertz CT molecular complexity index is 564. The summed E-state index contributed by atoms with van der Waals surface area (Å²) in [4.78, 5) is 17.0. The molecule has 0 spiro atoms. The maximum atomic E-state index is 12.8. The van der Waals surface area contributed by atoms with Gasteiger partial charge >= 0.3 is 6.03 Å². The van der Waals surface area contributed by atoms with E-state index in [1.54, 1.807) is 0 Å². The SMILES string of the molecule is CC[C@@H](CNC(=O)N(Cc1c(C)nn(C)c1C)C1CC1)N(C)CC. The summed E-state index contributed by atoms with van der Waals surface area (Å²) in [5.41, 5.74) is 3.34. The Kier molecular flexibility index (Phi) is 6.27. The van der Waals surface area contributed by atoms with Gasteiger partial charge in [-0.1, -0.05) is 13.8 Å². The molecule has 1 aliphatic carbocycles. The Morgan fingerprint density at radius 3 is 2.50 bits per heavy atom. The molecule has 0 unspecified atom stereocenters. The summed E-state index contributed by atoms with van der Waals surface area (Å²) >= 11 is 0. The maximum absolute atomic E-state index is 12.8. The van der Waals surface area contributed by atoms with Gasteiger partial charge in [-0.25, -0.2) is 4.79 Å². The van der Waals surface area contributed by atoms with Gasteiger partial charge in [0.05, 0.1) is 12.2 Å². The van der Waals surface area contributed by atoms with Crippen molar-refractivity contribution in [3.05, 3.63) is 17.0 Å². The second kappa shape index (κ2) is 8.01. The van der Waals surface area contributed by atoms with Gasteiger partial charge in [0.2, 0.25) is 0 Å². The van der Waals surface area contributed by atoms with E-state index in [4.69, 9.17) is 0 Å². The van der Waals surface area contributed by atoms with E-state index in [1.165, 1.54) is 5.56 Å². The fourth-order valence-electron chi connectivity index (χ4n) is 3.15. The van der Waals surface area contributed by atoms with Crippen LogP contribution in [-0.4, -0.2) is 57.8 Å². The van der Waals surface area contributed by atoms with Crippen LogP contribution in [0.25, 0.3) is 0 Å². The first kappa shape index (κ1) is 18.8. The normalized spacial score (nSPS) is 15.6. The third kappa shape index (κ3) is 4.29. The summed E-state index contributed by atoms with van der Waals surface area (Å²) in [7, 11) is 4.07. The summed E-state index contributed by atoms with van der Waals surface area (Å²) in [6.07, 6.45) is 3.25. The van der Waals surface area contributed by atoms with Crippen LogP contribution >= 0.6 is 0 Å². The lowest BCUT2D eigenvalue weighted by Crippen LogP contribution is -2.47. The Morgan fingerprint density at radius 2 is 2.04 bits per heavy atom. The highest BCUT2D eigenvalue weighted by Gasteiger charge is 2.33. The van der Waals surface area contributed by atoms with Crippen molar-refractivity contribution in [2.24, 2.45) is 7.05 Å². The van der Waals surface area contributed by atoms with Crippen molar-refractivity contribution in [2.75, 3.05) is 20.1 Å². The number of aryl methyl sites for hydroxylation is 2. The summed E-state index contributed by atoms with van der Waals surface area (Å²) in [6, 6.07) is 0.831. The molecular weight excluding hydrogens is 302 g/mol. The molecule has 1 fully saturated rings. The van der Waals surface area contributed by atoms with Crippen LogP contribution in [0.1, 0.15) is 50.1 Å². The van der Waals surface area contributed by atoms with Crippen molar-refractivity contribution < 1.29 is 4.79 Å². The van der Waals surface area contributed by atoms with Crippen LogP contribution in [0.4, 0.5) is 4.79 Å². The van der Waals surface area contributed by atoms with E-state index in [1.807, 2.05) is 23.6 Å². The van der Waals surface area contributed by atoms with Crippen molar-refractivity contribution in [3.8, 4) is 0 Å². The third-order valence-electron chi connectivity index (χ3n) is 5.32. The Labute approximate surface area is 146 Å². The lowest BCUT2D eigenvalue weighted by Gasteiger charge is -2.28. The van der Waals surface area contributed by atoms with E-state index < -0.39 is 0 Å². The molecule has 0 bridgehead atoms. The summed E-state index contributed by atoms with van der Waals surface area (Å²) in [6.45, 7) is 10.8. The van der Waals surface area contributed by atoms with Crippen LogP contribution in [0, 0.1) is 13.8 Å². The van der Waals surface area contributed by atoms with E-state index >= 15 is 0 Å². The first-order valence-corrected chi connectivity index (χ1v) is 9.12. The number of carbonyl (C=O) groups excluding carboxylic acids is 1. The quantitative estimate of drug-likeness (QED) is 0.794. The van der Waals surface area contributed by atoms with Crippen LogP contribution in [0.2, 0.25) is 0 Å². The minimum absolute atomic E-state index is 0.0584. The van der Waals surface area contributed by atoms with E-state index in [2.05, 4.69) is 43.1 Å². The van der Waals surface area contributed by atoms with Gasteiger partial charge in [-0.2, -0.15) is 5.10 Å². The van der Waals surface area contributed by atoms with Gasteiger partial charge in [0.25, 0.3) is 0 Å². The van der Waals surface area contributed by atoms with E-state index in [-0.39, 0.29) is 6.03 Å². The number of aromatic nitrogens is 2. The fraction of sp³-hybridized carbons (Fsp3) is 0.778. The molecule has 6 nitrogen and oxygen atoms in total. The molecular formula is C18H33N5O. The predicted molar refractivity (Wildman–Crippen MR) is 97.0 cm³/mol. The highest BCUT2D eigenvalue weighted by molar-refractivity contribution is 5.75. The molecule has 136 valence electrons. The Hall–Kier alpha value is -1.56. The van der Waals surface area contributed by atoms with Crippen LogP contribution in [0.5, 0.6) is 0 Å². The molecule has 0 radical (unpaired) electrons. The number of nitrogens with one attached hydrogen (secondary N) is 1. The highest BCUT2D eigenvalue weighted by Crippen LogP contribution is 2.29. The molecule has 2 amide bonds. The number of carbonyl (C=O) groups is 1. The number of nitrogens with zero attached hydrogens (tertiary/aromatic N) is 4. The molecule has 1 saturated carbocycles. The largest absolute Gasteiger partial charge is 0.336 e. The van der Waals surface area contributed by atoms with Gasteiger partial charge in [0, 0.05) is 36.9 Å². The van der Waals surface area contributed by atoms with Crippen molar-refractivity contribution in [3.63, 3.8) is 0 Å². The minimum atomic E-state index is 0.0584. The number of likely N-dealkylation sites (N-methyl/N-ethyl adjacent to an activating group) is 1. The molecule has 1 heterocycles. The average molecular weight is 335 g/mol. The minimum Gasteiger partial charge on any atom is -0.336 e. The summed E-state index contributed by atoms with van der Waals surface area (Å²) in [5.74, 6) is 0. The van der Waals surface area contributed by atoms with Crippen molar-refractivity contribution in [1.82, 2.24) is 24.9 Å². The van der Waals surface area contributed by atoms with Gasteiger partial charge in [-0.15, -0.1) is 0 Å². The lowest BCUT2D eigenvalue weighted by molar-refractivity contribution is 0.183. The van der Waals surface area contributed by atoms with Crippen LogP contribution < -0.4 is 5.32 Å². The first-order valence-electron chi connectivity index (χ1n) is 9.12. The molecule has 1 atom stereocenters. The zero-order valence-corrected chi connectivity index (χ0v) is 16.1. The first-order chi connectivity index (χ1) is 11.4. The van der Waals surface area contributed by atoms with Crippen molar-refractivity contribution >= 4 is 6.03 Å². The van der Waals surface area contributed by atoms with E-state index in [0.717, 1.165) is 37.2 Å². The molecule has 1 aromatic heterocycles. The second-order valence-corrected chi connectivity index (χ2v) is 6.95. The molecule has 6 heteroatoms. The van der Waals surface area contributed by atoms with Gasteiger partial charge in [0.15, 0.2) is 0 Å². The molecule has 1 aliphatic rings. The second-order valence-electron chi connectivity index (χ2n) is 6.95. The molecule has 0 aromatic carbocycles. The summed E-state index contributed by atoms with van der Waals surface area (Å²) in [5, 5.41) is 7.63. The lowest BCUT2D eigenvalue weighted by atomic mass is 10.2. The van der Waals surface area contributed by atoms with Gasteiger partial charge in [-0.3, -0.25) is 4.68 Å². The number of urea groups is 1. The zero-order valence-electron chi connectivity index (χ0n) is 16.1. The monoisotopic (exact) mass is 335 g/mol. The third-order valence-corrected chi connectivity index (χ3v) is 5.32. The number of rotatable bonds is 8. The zero-order chi connectivity index (χ0) is 17.9. The van der Waals surface area contributed by atoms with Crippen LogP contribution in [0.3, 0.4) is 0 Å². The number of hydrogen-bond acceptors (Lipinski definition) is 3. The highest BCUT2D eigenvalue weighted by atomic mass is 16.2. The summed E-state index contributed by atoms with van der Waals surface area (Å²) < 4.78 is 1.90. The molecule has 0 aliphatic heterocycles. The fourth-order valence-corrected chi connectivity index (χ4v) is 3.15. The molecule has 1 N–H and O–H groups in total. The van der Waals surface area contributed by atoms with Crippen LogP contribution in [0.15, 0.2) is 0 Å². The smallest absolute Gasteiger partial charge is 0.318 e. The molecule has 24 heavy (non-hydrogen) atoms. The van der Waals surface area contributed by atoms with Crippen molar-refractivity contribution in [1.29, 1.82) is 0 Å². The number of amides is 2. The molecule has 0 saturated heterocycles. The standard InChI is InChI=1S/C18H33N5O/c1-7-15(21(5)8-2)11-19-18(24)23(16-9-10-16)12-17-13(3)20-22(6)14(17)4/h15-16H,7-12H2,1-6H3,(H,19,24)/t15-/m0/s1. The Morgan fingerprint density at radius 1 is 1.38 bits per heavy atom. The number of hydrogen-bond donors (Lipinski definition) is 1. The topological polar surface area (TPSA) is 53.4 Å². The van der Waals surface area contributed by atoms with E-state index in [0.29, 0.717) is 25.2 Å². The van der Waals surface area contributed by atoms with Crippen molar-refractivity contribution in [2.45, 2.75) is 65.6 Å². The molecule has 2 rings (SSSR count). The van der Waals surface area contributed by atoms with Gasteiger partial charge in [-0.05, 0) is 46.7 Å². The Balaban J connectivity index is 2.01. The van der Waals surface area contributed by atoms with Gasteiger partial charge in [0.1, 0.15) is 0 Å². The average Bonchev–Trinajstić information content (AvgIpc) is 3.36. The predicted octanol–water partition coefficient (Wildman–Crippen LogP) is 2.44.